The Balaban J connectivity index is 1.32. The van der Waals surface area contributed by atoms with E-state index in [1.807, 2.05) is 31.2 Å². The van der Waals surface area contributed by atoms with Crippen LogP contribution in [-0.4, -0.2) is 51.4 Å². The number of pyridine rings is 1. The van der Waals surface area contributed by atoms with Crippen LogP contribution in [0.15, 0.2) is 54.9 Å². The number of likely N-dealkylation sites (tertiary alicyclic amines) is 1. The Labute approximate surface area is 239 Å². The second kappa shape index (κ2) is 10.3. The summed E-state index contributed by atoms with van der Waals surface area (Å²) in [7, 11) is 0. The van der Waals surface area contributed by atoms with E-state index in [0.29, 0.717) is 22.5 Å². The maximum atomic E-state index is 14.2. The van der Waals surface area contributed by atoms with Crippen molar-refractivity contribution in [1.29, 1.82) is 0 Å². The summed E-state index contributed by atoms with van der Waals surface area (Å²) in [5.41, 5.74) is 1.04. The third kappa shape index (κ3) is 4.41. The average Bonchev–Trinajstić information content (AvgIpc) is 3.57. The molecule has 0 radical (unpaired) electrons. The fraction of sp³-hybridized carbons (Fsp3) is 0.484. The van der Waals surface area contributed by atoms with Gasteiger partial charge in [0.25, 0.3) is 0 Å². The number of aromatic nitrogens is 1. The predicted octanol–water partition coefficient (Wildman–Crippen LogP) is 4.27. The largest absolute Gasteiger partial charge is 0.359 e. The number of carbonyl (C=O) groups excluding carboxylic acids is 3. The number of anilines is 1. The first kappa shape index (κ1) is 27.0. The molecule has 2 bridgehead atoms. The Morgan fingerprint density at radius 1 is 1.20 bits per heavy atom. The minimum absolute atomic E-state index is 0.0232. The van der Waals surface area contributed by atoms with Crippen LogP contribution in [-0.2, 0) is 25.7 Å². The molecule has 4 aliphatic rings. The molecule has 1 saturated carbocycles. The first-order valence-electron chi connectivity index (χ1n) is 14.1. The molecule has 3 amide bonds. The summed E-state index contributed by atoms with van der Waals surface area (Å²) in [5.74, 6) is -1.59. The van der Waals surface area contributed by atoms with Crippen LogP contribution < -0.4 is 10.6 Å². The van der Waals surface area contributed by atoms with Gasteiger partial charge in [-0.25, -0.2) is 0 Å². The van der Waals surface area contributed by atoms with E-state index in [4.69, 9.17) is 16.3 Å². The normalized spacial score (nSPS) is 34.1. The second-order valence-electron chi connectivity index (χ2n) is 11.9. The van der Waals surface area contributed by atoms with Gasteiger partial charge in [-0.15, -0.1) is 0 Å². The van der Waals surface area contributed by atoms with Gasteiger partial charge in [0.05, 0.1) is 17.9 Å². The van der Waals surface area contributed by atoms with E-state index in [9.17, 15) is 14.4 Å². The predicted molar refractivity (Wildman–Crippen MR) is 151 cm³/mol. The van der Waals surface area contributed by atoms with E-state index in [1.54, 1.807) is 35.5 Å². The van der Waals surface area contributed by atoms with Gasteiger partial charge in [0, 0.05) is 35.7 Å². The van der Waals surface area contributed by atoms with Crippen molar-refractivity contribution in [2.45, 2.75) is 70.4 Å². The van der Waals surface area contributed by atoms with Crippen LogP contribution in [0, 0.1) is 30.6 Å². The number of benzene rings is 1. The van der Waals surface area contributed by atoms with E-state index in [1.165, 1.54) is 0 Å². The Hall–Kier alpha value is -3.23. The lowest BCUT2D eigenvalue weighted by Crippen LogP contribution is -2.57. The van der Waals surface area contributed by atoms with Crippen molar-refractivity contribution in [3.63, 3.8) is 0 Å². The molecule has 40 heavy (non-hydrogen) atoms. The quantitative estimate of drug-likeness (QED) is 0.512. The highest BCUT2D eigenvalue weighted by molar-refractivity contribution is 6.31. The third-order valence-electron chi connectivity index (χ3n) is 9.47. The van der Waals surface area contributed by atoms with Gasteiger partial charge in [-0.2, -0.15) is 0 Å². The Morgan fingerprint density at radius 2 is 2.02 bits per heavy atom. The summed E-state index contributed by atoms with van der Waals surface area (Å²) in [4.78, 5) is 47.8. The molecule has 4 heterocycles. The maximum absolute atomic E-state index is 14.2. The molecule has 1 aromatic carbocycles. The Kier molecular flexibility index (Phi) is 6.95. The standard InChI is InChI=1S/C31H35ClN4O4/c1-17-6-4-8-23(19(17)3)35-29(38)27-31-12-11-24(40-31)25(28(37)34-21-10-9-18(2)22(32)14-21)26(31)30(39)36(27)16-20-7-5-13-33-15-20/h5,7,9-15,17,19,23-27H,4,6,8,16H2,1-3H3,(H,34,37)(H,35,38)/t17-,19+,23-,24-,25+,26-,27-,31-/m1/s1. The zero-order chi connectivity index (χ0) is 28.2. The highest BCUT2D eigenvalue weighted by Crippen LogP contribution is 2.55. The zero-order valence-corrected chi connectivity index (χ0v) is 23.7. The van der Waals surface area contributed by atoms with Gasteiger partial charge in [0.1, 0.15) is 11.6 Å². The van der Waals surface area contributed by atoms with Crippen LogP contribution in [0.3, 0.4) is 0 Å². The lowest BCUT2D eigenvalue weighted by Gasteiger charge is -2.38. The van der Waals surface area contributed by atoms with Gasteiger partial charge in [0.15, 0.2) is 0 Å². The topological polar surface area (TPSA) is 101 Å². The molecule has 8 nitrogen and oxygen atoms in total. The molecular formula is C31H35ClN4O4. The lowest BCUT2D eigenvalue weighted by atomic mass is 9.73. The number of nitrogens with one attached hydrogen (secondary N) is 2. The summed E-state index contributed by atoms with van der Waals surface area (Å²) in [6.07, 6.45) is 9.53. The number of aryl methyl sites for hydroxylation is 1. The number of halogens is 1. The molecule has 6 rings (SSSR count). The second-order valence-corrected chi connectivity index (χ2v) is 12.3. The number of ether oxygens (including phenoxy) is 1. The zero-order valence-electron chi connectivity index (χ0n) is 23.0. The van der Waals surface area contributed by atoms with Crippen LogP contribution in [0.4, 0.5) is 5.69 Å². The lowest BCUT2D eigenvalue weighted by molar-refractivity contribution is -0.142. The summed E-state index contributed by atoms with van der Waals surface area (Å²) in [6, 6.07) is 8.12. The first-order chi connectivity index (χ1) is 19.2. The van der Waals surface area contributed by atoms with Crippen molar-refractivity contribution in [1.82, 2.24) is 15.2 Å². The van der Waals surface area contributed by atoms with E-state index in [-0.39, 0.29) is 30.3 Å². The first-order valence-corrected chi connectivity index (χ1v) is 14.5. The smallest absolute Gasteiger partial charge is 0.246 e. The monoisotopic (exact) mass is 562 g/mol. The van der Waals surface area contributed by atoms with Crippen molar-refractivity contribution < 1.29 is 19.1 Å². The van der Waals surface area contributed by atoms with Gasteiger partial charge in [-0.05, 0) is 54.5 Å². The minimum atomic E-state index is -1.22. The molecular weight excluding hydrogens is 528 g/mol. The molecule has 1 aliphatic carbocycles. The SMILES string of the molecule is Cc1ccc(NC(=O)[C@H]2[C@H]3C=C[C@@]4(O3)[C@H]2C(=O)N(Cc2cccnc2)[C@@H]4C(=O)N[C@@H]2CCC[C@@H](C)[C@@H]2C)cc1Cl. The highest BCUT2D eigenvalue weighted by atomic mass is 35.5. The van der Waals surface area contributed by atoms with Gasteiger partial charge >= 0.3 is 0 Å². The number of hydrogen-bond donors (Lipinski definition) is 2. The van der Waals surface area contributed by atoms with Crippen molar-refractivity contribution in [3.8, 4) is 0 Å². The number of hydrogen-bond acceptors (Lipinski definition) is 5. The summed E-state index contributed by atoms with van der Waals surface area (Å²) in [5, 5.41) is 6.76. The van der Waals surface area contributed by atoms with E-state index in [0.717, 1.165) is 30.4 Å². The molecule has 3 fully saturated rings. The average molecular weight is 563 g/mol. The van der Waals surface area contributed by atoms with Crippen LogP contribution in [0.5, 0.6) is 0 Å². The van der Waals surface area contributed by atoms with Gasteiger partial charge in [0.2, 0.25) is 17.7 Å². The molecule has 210 valence electrons. The summed E-state index contributed by atoms with van der Waals surface area (Å²) in [6.45, 7) is 6.49. The summed E-state index contributed by atoms with van der Waals surface area (Å²) < 4.78 is 6.47. The van der Waals surface area contributed by atoms with E-state index >= 15 is 0 Å². The van der Waals surface area contributed by atoms with Crippen molar-refractivity contribution in [3.05, 3.63) is 71.0 Å². The maximum Gasteiger partial charge on any atom is 0.246 e. The molecule has 1 spiro atoms. The highest BCUT2D eigenvalue weighted by Gasteiger charge is 2.72. The van der Waals surface area contributed by atoms with Crippen molar-refractivity contribution in [2.24, 2.45) is 23.7 Å². The van der Waals surface area contributed by atoms with Gasteiger partial charge < -0.3 is 20.3 Å². The van der Waals surface area contributed by atoms with Crippen LogP contribution in [0.25, 0.3) is 0 Å². The number of carbonyl (C=O) groups is 3. The number of rotatable bonds is 6. The fourth-order valence-corrected chi connectivity index (χ4v) is 7.25. The molecule has 3 aliphatic heterocycles. The molecule has 0 unspecified atom stereocenters. The van der Waals surface area contributed by atoms with Crippen LogP contribution in [0.2, 0.25) is 5.02 Å². The van der Waals surface area contributed by atoms with Gasteiger partial charge in [-0.3, -0.25) is 19.4 Å². The minimum Gasteiger partial charge on any atom is -0.359 e. The molecule has 2 saturated heterocycles. The van der Waals surface area contributed by atoms with Crippen molar-refractivity contribution in [2.75, 3.05) is 5.32 Å². The van der Waals surface area contributed by atoms with Crippen molar-refractivity contribution >= 4 is 35.0 Å². The van der Waals surface area contributed by atoms with E-state index in [2.05, 4.69) is 29.5 Å². The van der Waals surface area contributed by atoms with E-state index < -0.39 is 29.6 Å². The third-order valence-corrected chi connectivity index (χ3v) is 9.88. The molecule has 2 N–H and O–H groups in total. The molecule has 8 atom stereocenters. The summed E-state index contributed by atoms with van der Waals surface area (Å²) >= 11 is 6.28. The molecule has 1 aromatic heterocycles. The van der Waals surface area contributed by atoms with Crippen LogP contribution in [0.1, 0.15) is 44.2 Å². The molecule has 9 heteroatoms. The fourth-order valence-electron chi connectivity index (χ4n) is 7.07. The number of fused-ring (bicyclic) bond motifs is 1. The Bertz CT molecular complexity index is 1370. The Morgan fingerprint density at radius 3 is 2.77 bits per heavy atom. The number of amides is 3. The molecule has 2 aromatic rings. The van der Waals surface area contributed by atoms with Gasteiger partial charge in [-0.1, -0.05) is 62.6 Å². The number of nitrogens with zero attached hydrogens (tertiary/aromatic N) is 2. The van der Waals surface area contributed by atoms with Crippen LogP contribution >= 0.6 is 11.6 Å².